The van der Waals surface area contributed by atoms with Gasteiger partial charge in [0.2, 0.25) is 5.91 Å². The Bertz CT molecular complexity index is 203. The zero-order valence-corrected chi connectivity index (χ0v) is 6.94. The summed E-state index contributed by atoms with van der Waals surface area (Å²) in [4.78, 5) is 12.7. The van der Waals surface area contributed by atoms with Gasteiger partial charge >= 0.3 is 0 Å². The van der Waals surface area contributed by atoms with Crippen LogP contribution in [0, 0.1) is 5.92 Å². The summed E-state index contributed by atoms with van der Waals surface area (Å²) in [5.41, 5.74) is 5.41. The van der Waals surface area contributed by atoms with Crippen molar-refractivity contribution in [1.29, 1.82) is 0 Å². The van der Waals surface area contributed by atoms with E-state index in [1.807, 2.05) is 0 Å². The van der Waals surface area contributed by atoms with Crippen molar-refractivity contribution in [3.8, 4) is 0 Å². The van der Waals surface area contributed by atoms with Crippen LogP contribution in [0.3, 0.4) is 0 Å². The normalized spacial score (nSPS) is 31.7. The highest BCUT2D eigenvalue weighted by atomic mass is 16.3. The molecular formula is C8H14N2O2. The van der Waals surface area contributed by atoms with Gasteiger partial charge in [-0.25, -0.2) is 0 Å². The van der Waals surface area contributed by atoms with E-state index in [0.29, 0.717) is 19.0 Å². The lowest BCUT2D eigenvalue weighted by atomic mass is 10.1. The van der Waals surface area contributed by atoms with Crippen molar-refractivity contribution in [3.05, 3.63) is 0 Å². The first-order valence-corrected chi connectivity index (χ1v) is 4.41. The number of likely N-dealkylation sites (tertiary alicyclic amines) is 1. The van der Waals surface area contributed by atoms with Gasteiger partial charge in [0.05, 0.1) is 6.10 Å². The molecule has 0 bridgehead atoms. The van der Waals surface area contributed by atoms with Gasteiger partial charge in [-0.3, -0.25) is 4.79 Å². The molecule has 1 saturated carbocycles. The third-order valence-corrected chi connectivity index (χ3v) is 2.62. The molecule has 0 aromatic carbocycles. The van der Waals surface area contributed by atoms with Crippen LogP contribution in [-0.2, 0) is 4.79 Å². The van der Waals surface area contributed by atoms with E-state index >= 15 is 0 Å². The molecule has 2 rings (SSSR count). The molecular weight excluding hydrogens is 156 g/mol. The molecule has 2 unspecified atom stereocenters. The summed E-state index contributed by atoms with van der Waals surface area (Å²) in [7, 11) is 0. The molecule has 1 aliphatic carbocycles. The van der Waals surface area contributed by atoms with Crippen molar-refractivity contribution in [1.82, 2.24) is 4.90 Å². The number of rotatable bonds is 3. The zero-order valence-electron chi connectivity index (χ0n) is 6.94. The van der Waals surface area contributed by atoms with Crippen molar-refractivity contribution >= 4 is 5.91 Å². The number of hydrogen-bond donors (Lipinski definition) is 2. The molecule has 4 nitrogen and oxygen atoms in total. The molecule has 1 aliphatic heterocycles. The topological polar surface area (TPSA) is 66.6 Å². The number of aliphatic hydroxyl groups is 1. The van der Waals surface area contributed by atoms with Crippen molar-refractivity contribution in [2.24, 2.45) is 11.7 Å². The van der Waals surface area contributed by atoms with Gasteiger partial charge in [0.25, 0.3) is 0 Å². The Morgan fingerprint density at radius 1 is 1.67 bits per heavy atom. The minimum atomic E-state index is -0.318. The fourth-order valence-electron chi connectivity index (χ4n) is 1.55. The van der Waals surface area contributed by atoms with Crippen LogP contribution in [0.1, 0.15) is 12.8 Å². The Balaban J connectivity index is 1.76. The van der Waals surface area contributed by atoms with E-state index in [9.17, 15) is 9.90 Å². The van der Waals surface area contributed by atoms with Crippen molar-refractivity contribution in [2.45, 2.75) is 25.0 Å². The maximum atomic E-state index is 11.0. The summed E-state index contributed by atoms with van der Waals surface area (Å²) in [5.74, 6) is 0.421. The first kappa shape index (κ1) is 8.01. The minimum absolute atomic E-state index is 0.0188. The summed E-state index contributed by atoms with van der Waals surface area (Å²) in [6.07, 6.45) is 1.89. The van der Waals surface area contributed by atoms with Crippen LogP contribution in [0.4, 0.5) is 0 Å². The number of nitrogens with two attached hydrogens (primary N) is 1. The number of amides is 1. The van der Waals surface area contributed by atoms with Crippen molar-refractivity contribution < 1.29 is 9.90 Å². The van der Waals surface area contributed by atoms with Gasteiger partial charge in [0.1, 0.15) is 6.04 Å². The highest BCUT2D eigenvalue weighted by molar-refractivity contribution is 5.87. The Morgan fingerprint density at radius 3 is 2.75 bits per heavy atom. The van der Waals surface area contributed by atoms with E-state index in [1.54, 1.807) is 4.90 Å². The van der Waals surface area contributed by atoms with Gasteiger partial charge in [0.15, 0.2) is 0 Å². The van der Waals surface area contributed by atoms with Gasteiger partial charge in [0, 0.05) is 13.1 Å². The Hall–Kier alpha value is -0.610. The lowest BCUT2D eigenvalue weighted by Gasteiger charge is -2.37. The van der Waals surface area contributed by atoms with E-state index in [-0.39, 0.29) is 18.1 Å². The molecule has 1 amide bonds. The van der Waals surface area contributed by atoms with Gasteiger partial charge in [-0.1, -0.05) is 0 Å². The molecule has 1 saturated heterocycles. The molecule has 0 radical (unpaired) electrons. The summed E-state index contributed by atoms with van der Waals surface area (Å²) in [6.45, 7) is 1.10. The summed E-state index contributed by atoms with van der Waals surface area (Å²) in [5, 5.41) is 9.49. The fraction of sp³-hybridized carbons (Fsp3) is 0.875. The molecule has 0 spiro atoms. The number of carbonyl (C=O) groups is 1. The van der Waals surface area contributed by atoms with Crippen LogP contribution in [0.5, 0.6) is 0 Å². The highest BCUT2D eigenvalue weighted by Crippen LogP contribution is 2.33. The maximum absolute atomic E-state index is 11.0. The molecule has 0 aromatic heterocycles. The SMILES string of the molecule is NC1CN(CC(O)C2CC2)C1=O. The number of hydrogen-bond acceptors (Lipinski definition) is 3. The van der Waals surface area contributed by atoms with Crippen LogP contribution in [0.2, 0.25) is 0 Å². The monoisotopic (exact) mass is 170 g/mol. The average Bonchev–Trinajstić information content (AvgIpc) is 2.85. The summed E-state index contributed by atoms with van der Waals surface area (Å²) < 4.78 is 0. The predicted octanol–water partition coefficient (Wildman–Crippen LogP) is -1.07. The Kier molecular flexibility index (Phi) is 1.81. The lowest BCUT2D eigenvalue weighted by molar-refractivity contribution is -0.144. The maximum Gasteiger partial charge on any atom is 0.241 e. The second kappa shape index (κ2) is 2.71. The lowest BCUT2D eigenvalue weighted by Crippen LogP contribution is -2.62. The number of β-amino-alcohol motifs (C(OH)–C–C–N with tert-alkyl or cyclic N) is 1. The van der Waals surface area contributed by atoms with E-state index in [2.05, 4.69) is 0 Å². The molecule has 2 fully saturated rings. The molecule has 4 heteroatoms. The van der Waals surface area contributed by atoms with Gasteiger partial charge in [-0.15, -0.1) is 0 Å². The van der Waals surface area contributed by atoms with E-state index in [1.165, 1.54) is 0 Å². The third kappa shape index (κ3) is 1.32. The molecule has 2 aliphatic rings. The standard InChI is InChI=1S/C8H14N2O2/c9-6-3-10(8(6)12)4-7(11)5-1-2-5/h5-7,11H,1-4,9H2. The van der Waals surface area contributed by atoms with E-state index in [4.69, 9.17) is 5.73 Å². The van der Waals surface area contributed by atoms with Crippen LogP contribution in [-0.4, -0.2) is 41.1 Å². The second-order valence-electron chi connectivity index (χ2n) is 3.75. The molecule has 68 valence electrons. The van der Waals surface area contributed by atoms with Gasteiger partial charge in [-0.05, 0) is 18.8 Å². The summed E-state index contributed by atoms with van der Waals surface area (Å²) >= 11 is 0. The van der Waals surface area contributed by atoms with Crippen LogP contribution in [0.15, 0.2) is 0 Å². The zero-order chi connectivity index (χ0) is 8.72. The van der Waals surface area contributed by atoms with Gasteiger partial charge < -0.3 is 15.7 Å². The first-order valence-electron chi connectivity index (χ1n) is 4.41. The average molecular weight is 170 g/mol. The Morgan fingerprint density at radius 2 is 2.33 bits per heavy atom. The number of β-lactam (4-membered cyclic amide) rings is 1. The molecule has 2 atom stereocenters. The highest BCUT2D eigenvalue weighted by Gasteiger charge is 2.38. The smallest absolute Gasteiger partial charge is 0.241 e. The number of aliphatic hydroxyl groups excluding tert-OH is 1. The second-order valence-corrected chi connectivity index (χ2v) is 3.75. The first-order chi connectivity index (χ1) is 5.68. The predicted molar refractivity (Wildman–Crippen MR) is 43.3 cm³/mol. The fourth-order valence-corrected chi connectivity index (χ4v) is 1.55. The van der Waals surface area contributed by atoms with Crippen LogP contribution >= 0.6 is 0 Å². The van der Waals surface area contributed by atoms with Crippen LogP contribution < -0.4 is 5.73 Å². The molecule has 3 N–H and O–H groups in total. The molecule has 0 aromatic rings. The van der Waals surface area contributed by atoms with Crippen molar-refractivity contribution in [3.63, 3.8) is 0 Å². The number of nitrogens with zero attached hydrogens (tertiary/aromatic N) is 1. The van der Waals surface area contributed by atoms with Crippen LogP contribution in [0.25, 0.3) is 0 Å². The number of carbonyl (C=O) groups excluding carboxylic acids is 1. The van der Waals surface area contributed by atoms with Crippen molar-refractivity contribution in [2.75, 3.05) is 13.1 Å². The van der Waals surface area contributed by atoms with E-state index < -0.39 is 0 Å². The summed E-state index contributed by atoms with van der Waals surface area (Å²) in [6, 6.07) is -0.309. The van der Waals surface area contributed by atoms with Gasteiger partial charge in [-0.2, -0.15) is 0 Å². The molecule has 12 heavy (non-hydrogen) atoms. The minimum Gasteiger partial charge on any atom is -0.391 e. The quantitative estimate of drug-likeness (QED) is 0.530. The Labute approximate surface area is 71.3 Å². The van der Waals surface area contributed by atoms with E-state index in [0.717, 1.165) is 12.8 Å². The third-order valence-electron chi connectivity index (χ3n) is 2.62. The molecule has 1 heterocycles. The largest absolute Gasteiger partial charge is 0.391 e.